The summed E-state index contributed by atoms with van der Waals surface area (Å²) in [7, 11) is 0. The van der Waals surface area contributed by atoms with Gasteiger partial charge in [0.2, 0.25) is 0 Å². The molecule has 0 unspecified atom stereocenters. The number of carbonyl (C=O) groups is 1. The quantitative estimate of drug-likeness (QED) is 0.740. The Bertz CT molecular complexity index is 492. The van der Waals surface area contributed by atoms with E-state index in [0.717, 1.165) is 9.86 Å². The maximum Gasteiger partial charge on any atom is 0.411 e. The van der Waals surface area contributed by atoms with Crippen LogP contribution in [0.5, 0.6) is 5.95 Å². The Balaban J connectivity index is 2.46. The van der Waals surface area contributed by atoms with Gasteiger partial charge in [0, 0.05) is 27.5 Å². The molecular formula is C9H4BrClO3. The molecule has 2 rings (SSSR count). The van der Waals surface area contributed by atoms with Crippen LogP contribution in [0.4, 0.5) is 4.79 Å². The number of halogens is 2. The highest BCUT2D eigenvalue weighted by Crippen LogP contribution is 2.27. The first-order valence-corrected chi connectivity index (χ1v) is 4.88. The third-order valence-electron chi connectivity index (χ3n) is 1.64. The van der Waals surface area contributed by atoms with Crippen LogP contribution in [-0.4, -0.2) is 5.43 Å². The molecule has 72 valence electrons. The van der Waals surface area contributed by atoms with Crippen molar-refractivity contribution >= 4 is 43.9 Å². The van der Waals surface area contributed by atoms with E-state index in [2.05, 4.69) is 20.7 Å². The topological polar surface area (TPSA) is 39.4 Å². The molecular weight excluding hydrogens is 271 g/mol. The maximum absolute atomic E-state index is 10.4. The zero-order chi connectivity index (χ0) is 10.1. The number of rotatable bonds is 1. The van der Waals surface area contributed by atoms with Crippen molar-refractivity contribution in [2.24, 2.45) is 0 Å². The van der Waals surface area contributed by atoms with Crippen LogP contribution < -0.4 is 4.74 Å². The zero-order valence-electron chi connectivity index (χ0n) is 6.79. The Hall–Kier alpha value is -1.00. The second-order valence-electron chi connectivity index (χ2n) is 2.59. The molecule has 0 fully saturated rings. The van der Waals surface area contributed by atoms with Crippen LogP contribution in [-0.2, 0) is 0 Å². The van der Waals surface area contributed by atoms with Gasteiger partial charge < -0.3 is 9.15 Å². The Morgan fingerprint density at radius 1 is 1.43 bits per heavy atom. The molecule has 1 heterocycles. The van der Waals surface area contributed by atoms with E-state index < -0.39 is 5.43 Å². The van der Waals surface area contributed by atoms with Crippen molar-refractivity contribution in [3.63, 3.8) is 0 Å². The van der Waals surface area contributed by atoms with Gasteiger partial charge in [0.25, 0.3) is 5.95 Å². The molecule has 0 radical (unpaired) electrons. The summed E-state index contributed by atoms with van der Waals surface area (Å²) >= 11 is 8.36. The van der Waals surface area contributed by atoms with Gasteiger partial charge in [-0.05, 0) is 18.2 Å². The Morgan fingerprint density at radius 3 is 2.93 bits per heavy atom. The minimum atomic E-state index is -0.914. The smallest absolute Gasteiger partial charge is 0.411 e. The lowest BCUT2D eigenvalue weighted by atomic mass is 10.3. The number of carbonyl (C=O) groups excluding carboxylic acids is 1. The van der Waals surface area contributed by atoms with E-state index in [4.69, 9.17) is 16.0 Å². The standard InChI is InChI=1S/C9H4BrClO3/c10-6-1-2-7-5(3-6)4-8(13-7)14-9(11)12/h1-4H. The molecule has 0 saturated heterocycles. The second-order valence-corrected chi connectivity index (χ2v) is 3.81. The van der Waals surface area contributed by atoms with Crippen LogP contribution in [0.1, 0.15) is 0 Å². The molecule has 1 aromatic carbocycles. The van der Waals surface area contributed by atoms with Crippen LogP contribution in [0, 0.1) is 0 Å². The SMILES string of the molecule is O=C(Cl)Oc1cc2cc(Br)ccc2o1. The molecule has 0 aliphatic carbocycles. The summed E-state index contributed by atoms with van der Waals surface area (Å²) in [6, 6.07) is 7.05. The summed E-state index contributed by atoms with van der Waals surface area (Å²) in [5.74, 6) is 0.0955. The molecule has 0 amide bonds. The van der Waals surface area contributed by atoms with Gasteiger partial charge in [0.05, 0.1) is 0 Å². The van der Waals surface area contributed by atoms with Crippen LogP contribution >= 0.6 is 27.5 Å². The van der Waals surface area contributed by atoms with Crippen LogP contribution in [0.25, 0.3) is 11.0 Å². The predicted molar refractivity (Wildman–Crippen MR) is 55.8 cm³/mol. The molecule has 0 bridgehead atoms. The van der Waals surface area contributed by atoms with Crippen molar-refractivity contribution in [1.29, 1.82) is 0 Å². The lowest BCUT2D eigenvalue weighted by molar-refractivity contribution is 0.214. The van der Waals surface area contributed by atoms with Crippen molar-refractivity contribution in [3.05, 3.63) is 28.7 Å². The minimum absolute atomic E-state index is 0.0955. The van der Waals surface area contributed by atoms with E-state index in [9.17, 15) is 4.79 Å². The minimum Gasteiger partial charge on any atom is -0.425 e. The molecule has 0 N–H and O–H groups in total. The van der Waals surface area contributed by atoms with Gasteiger partial charge in [0.1, 0.15) is 5.58 Å². The highest BCUT2D eigenvalue weighted by atomic mass is 79.9. The fourth-order valence-electron chi connectivity index (χ4n) is 1.12. The molecule has 0 aliphatic heterocycles. The molecule has 1 aromatic heterocycles. The van der Waals surface area contributed by atoms with E-state index in [1.165, 1.54) is 0 Å². The third-order valence-corrected chi connectivity index (χ3v) is 2.21. The average molecular weight is 275 g/mol. The summed E-state index contributed by atoms with van der Waals surface area (Å²) in [6.45, 7) is 0. The summed E-state index contributed by atoms with van der Waals surface area (Å²) in [4.78, 5) is 10.4. The van der Waals surface area contributed by atoms with Gasteiger partial charge >= 0.3 is 5.43 Å². The van der Waals surface area contributed by atoms with Gasteiger partial charge in [-0.3, -0.25) is 0 Å². The first-order chi connectivity index (χ1) is 6.65. The molecule has 0 atom stereocenters. The number of fused-ring (bicyclic) bond motifs is 1. The van der Waals surface area contributed by atoms with Gasteiger partial charge in [-0.2, -0.15) is 0 Å². The fraction of sp³-hybridized carbons (Fsp3) is 0. The molecule has 2 aromatic rings. The van der Waals surface area contributed by atoms with Crippen molar-refractivity contribution in [2.75, 3.05) is 0 Å². The number of ether oxygens (including phenoxy) is 1. The van der Waals surface area contributed by atoms with Crippen molar-refractivity contribution in [3.8, 4) is 5.95 Å². The lowest BCUT2D eigenvalue weighted by Gasteiger charge is -1.90. The molecule has 0 spiro atoms. The Labute approximate surface area is 92.7 Å². The van der Waals surface area contributed by atoms with Gasteiger partial charge in [-0.1, -0.05) is 15.9 Å². The van der Waals surface area contributed by atoms with Crippen LogP contribution in [0.15, 0.2) is 33.2 Å². The first kappa shape index (κ1) is 9.55. The molecule has 14 heavy (non-hydrogen) atoms. The first-order valence-electron chi connectivity index (χ1n) is 3.71. The summed E-state index contributed by atoms with van der Waals surface area (Å²) in [5.41, 5.74) is -0.274. The lowest BCUT2D eigenvalue weighted by Crippen LogP contribution is -1.93. The van der Waals surface area contributed by atoms with Crippen molar-refractivity contribution in [2.45, 2.75) is 0 Å². The number of furan rings is 1. The predicted octanol–water partition coefficient (Wildman–Crippen LogP) is 3.93. The average Bonchev–Trinajstić information content (AvgIpc) is 2.44. The van der Waals surface area contributed by atoms with Gasteiger partial charge in [-0.25, -0.2) is 4.79 Å². The van der Waals surface area contributed by atoms with E-state index >= 15 is 0 Å². The molecule has 0 saturated carbocycles. The molecule has 5 heteroatoms. The Kier molecular flexibility index (Phi) is 2.48. The van der Waals surface area contributed by atoms with E-state index in [1.54, 1.807) is 12.1 Å². The largest absolute Gasteiger partial charge is 0.425 e. The summed E-state index contributed by atoms with van der Waals surface area (Å²) in [6.07, 6.45) is 0. The zero-order valence-corrected chi connectivity index (χ0v) is 9.13. The Morgan fingerprint density at radius 2 is 2.21 bits per heavy atom. The van der Waals surface area contributed by atoms with Gasteiger partial charge in [0.15, 0.2) is 0 Å². The second kappa shape index (κ2) is 3.63. The highest BCUT2D eigenvalue weighted by molar-refractivity contribution is 9.10. The van der Waals surface area contributed by atoms with Crippen molar-refractivity contribution in [1.82, 2.24) is 0 Å². The number of hydrogen-bond acceptors (Lipinski definition) is 3. The molecule has 0 aliphatic rings. The number of benzene rings is 1. The van der Waals surface area contributed by atoms with Crippen molar-refractivity contribution < 1.29 is 13.9 Å². The summed E-state index contributed by atoms with van der Waals surface area (Å²) < 4.78 is 10.7. The molecule has 3 nitrogen and oxygen atoms in total. The van der Waals surface area contributed by atoms with E-state index in [0.29, 0.717) is 5.58 Å². The van der Waals surface area contributed by atoms with Crippen LogP contribution in [0.2, 0.25) is 0 Å². The monoisotopic (exact) mass is 274 g/mol. The third kappa shape index (κ3) is 1.91. The summed E-state index contributed by atoms with van der Waals surface area (Å²) in [5, 5.41) is 0.840. The maximum atomic E-state index is 10.4. The van der Waals surface area contributed by atoms with Gasteiger partial charge in [-0.15, -0.1) is 0 Å². The van der Waals surface area contributed by atoms with Crippen LogP contribution in [0.3, 0.4) is 0 Å². The number of hydrogen-bond donors (Lipinski definition) is 0. The fourth-order valence-corrected chi connectivity index (χ4v) is 1.57. The normalized spacial score (nSPS) is 10.4. The highest BCUT2D eigenvalue weighted by Gasteiger charge is 2.07. The van der Waals surface area contributed by atoms with E-state index in [-0.39, 0.29) is 5.95 Å². The van der Waals surface area contributed by atoms with E-state index in [1.807, 2.05) is 12.1 Å².